The molecule has 10 rings (SSSR count). The van der Waals surface area contributed by atoms with Crippen LogP contribution in [0.3, 0.4) is 0 Å². The Morgan fingerprint density at radius 2 is 1.28 bits per heavy atom. The quantitative estimate of drug-likeness (QED) is 0.105. The summed E-state index contributed by atoms with van der Waals surface area (Å²) in [6.07, 6.45) is 18.9. The Kier molecular flexibility index (Phi) is 12.9. The van der Waals surface area contributed by atoms with E-state index in [9.17, 15) is 29.7 Å². The van der Waals surface area contributed by atoms with E-state index >= 15 is 4.79 Å². The first-order chi connectivity index (χ1) is 34.2. The summed E-state index contributed by atoms with van der Waals surface area (Å²) in [5.74, 6) is -2.05. The van der Waals surface area contributed by atoms with Crippen LogP contribution in [0.15, 0.2) is 124 Å². The molecule has 2 saturated carbocycles. The Balaban J connectivity index is 1.22. The summed E-state index contributed by atoms with van der Waals surface area (Å²) < 4.78 is 5.17. The average molecular weight is 956 g/mol. The minimum atomic E-state index is -0.886. The Morgan fingerprint density at radius 1 is 0.676 bits per heavy atom. The number of nitrogens with zero attached hydrogens (tertiary/aromatic N) is 4. The van der Waals surface area contributed by atoms with E-state index in [-0.39, 0.29) is 49.5 Å². The van der Waals surface area contributed by atoms with Gasteiger partial charge in [0.15, 0.2) is 12.3 Å². The number of carboxylic acid groups (broad SMARTS) is 2. The zero-order valence-electron chi connectivity index (χ0n) is 41.7. The van der Waals surface area contributed by atoms with Crippen LogP contribution in [0, 0.1) is 0 Å². The number of fused-ring (bicyclic) bond motifs is 6. The number of hydrogen-bond acceptors (Lipinski definition) is 6. The zero-order valence-corrected chi connectivity index (χ0v) is 41.7. The molecular formula is C60H67N4O7+. The molecule has 5 aromatic rings. The average Bonchev–Trinajstić information content (AvgIpc) is 3.72. The molecule has 0 atom stereocenters. The highest BCUT2D eigenvalue weighted by Crippen LogP contribution is 2.52. The number of aromatic nitrogens is 2. The molecule has 2 aliphatic heterocycles. The van der Waals surface area contributed by atoms with Crippen molar-refractivity contribution in [3.63, 3.8) is 0 Å². The summed E-state index contributed by atoms with van der Waals surface area (Å²) in [4.78, 5) is 56.9. The van der Waals surface area contributed by atoms with Crippen LogP contribution in [0.25, 0.3) is 27.1 Å². The second-order valence-corrected chi connectivity index (χ2v) is 21.5. The standard InChI is InChI=1S/C60H66N4O7/c1-59(2)48(61(36-34-50(65)66)46-30-26-38-16-11-13-24-44(38)54(46)59)32-28-40-18-15-19-41(29-33-49-60(3,4)55-45-25-14-12-17-39(45)27-31-47(55)62(49)37-35-51(67)68)52(40)53-56(69)63(42-20-7-5-8-21-42)58(71)64(57(53)70)43-22-9-6-10-23-43/h11-14,16-17,24-33,42-43H,5-10,15,18-23,34-37H2,1-4H3,(H2,65,66,67,68)/p+1/b40-28+,48-32+. The van der Waals surface area contributed by atoms with Crippen molar-refractivity contribution < 1.29 is 29.5 Å². The van der Waals surface area contributed by atoms with Crippen molar-refractivity contribution in [3.05, 3.63) is 151 Å². The number of benzene rings is 4. The number of aromatic hydroxyl groups is 1. The second kappa shape index (κ2) is 19.1. The molecule has 5 aliphatic rings. The first-order valence-electron chi connectivity index (χ1n) is 26.0. The van der Waals surface area contributed by atoms with E-state index in [0.717, 1.165) is 137 Å². The molecule has 3 aliphatic carbocycles. The predicted octanol–water partition coefficient (Wildman–Crippen LogP) is 12.2. The fraction of sp³-hybridized carbons (Fsp3) is 0.417. The molecule has 4 aromatic carbocycles. The largest absolute Gasteiger partial charge is 0.494 e. The first kappa shape index (κ1) is 47.9. The molecule has 2 fully saturated rings. The molecule has 1 aromatic heterocycles. The number of hydrogen-bond donors (Lipinski definition) is 3. The maximum Gasteiger partial charge on any atom is 0.334 e. The first-order valence-corrected chi connectivity index (χ1v) is 26.0. The topological polar surface area (TPSA) is 145 Å². The van der Waals surface area contributed by atoms with E-state index in [4.69, 9.17) is 0 Å². The van der Waals surface area contributed by atoms with Crippen molar-refractivity contribution in [1.29, 1.82) is 0 Å². The minimum Gasteiger partial charge on any atom is -0.494 e. The van der Waals surface area contributed by atoms with Gasteiger partial charge in [-0.25, -0.2) is 4.79 Å². The van der Waals surface area contributed by atoms with Crippen LogP contribution in [-0.2, 0) is 20.4 Å². The summed E-state index contributed by atoms with van der Waals surface area (Å²) in [6, 6.07) is 24.4. The molecule has 0 spiro atoms. The van der Waals surface area contributed by atoms with Gasteiger partial charge in [0.25, 0.3) is 5.56 Å². The number of rotatable bonds is 12. The summed E-state index contributed by atoms with van der Waals surface area (Å²) in [7, 11) is 0. The highest BCUT2D eigenvalue weighted by atomic mass is 16.4. The molecule has 0 saturated heterocycles. The van der Waals surface area contributed by atoms with Crippen molar-refractivity contribution in [2.75, 3.05) is 18.0 Å². The Bertz CT molecular complexity index is 3270. The molecule has 3 heterocycles. The minimum absolute atomic E-state index is 0.0635. The van der Waals surface area contributed by atoms with Crippen LogP contribution >= 0.6 is 0 Å². The molecular weight excluding hydrogens is 889 g/mol. The van der Waals surface area contributed by atoms with Gasteiger partial charge in [-0.2, -0.15) is 4.58 Å². The van der Waals surface area contributed by atoms with Crippen molar-refractivity contribution in [2.24, 2.45) is 0 Å². The molecule has 0 radical (unpaired) electrons. The molecule has 0 amide bonds. The third kappa shape index (κ3) is 8.48. The van der Waals surface area contributed by atoms with E-state index in [0.29, 0.717) is 18.4 Å². The summed E-state index contributed by atoms with van der Waals surface area (Å²) >= 11 is 0. The van der Waals surface area contributed by atoms with Crippen LogP contribution < -0.4 is 16.1 Å². The van der Waals surface area contributed by atoms with E-state index < -0.39 is 34.0 Å². The summed E-state index contributed by atoms with van der Waals surface area (Å²) in [6.45, 7) is 9.26. The lowest BCUT2D eigenvalue weighted by Crippen LogP contribution is -2.45. The number of carbonyl (C=O) groups is 2. The normalized spacial score (nSPS) is 20.5. The van der Waals surface area contributed by atoms with Gasteiger partial charge in [0.1, 0.15) is 12.0 Å². The van der Waals surface area contributed by atoms with Crippen LogP contribution in [0.4, 0.5) is 11.4 Å². The Morgan fingerprint density at radius 3 is 1.93 bits per heavy atom. The zero-order chi connectivity index (χ0) is 49.8. The second-order valence-electron chi connectivity index (χ2n) is 21.5. The SMILES string of the molecule is CC1(C)C(/C=C/C2=C(c3c(O)n(C4CCCCC4)c(=O)n(C4CCCCC4)c3=O)C(=C/C=C3/N(CCC(=O)O)c4ccc5ccccc5c4C3(C)C)/CCC2)=[N+](CCC(=O)O)c2ccc3ccccc3c21. The monoisotopic (exact) mass is 956 g/mol. The molecule has 11 nitrogen and oxygen atoms in total. The molecule has 0 bridgehead atoms. The maximum atomic E-state index is 15.6. The van der Waals surface area contributed by atoms with Crippen LogP contribution in [0.2, 0.25) is 0 Å². The lowest BCUT2D eigenvalue weighted by Gasteiger charge is -2.31. The van der Waals surface area contributed by atoms with Gasteiger partial charge in [-0.15, -0.1) is 0 Å². The van der Waals surface area contributed by atoms with Gasteiger partial charge in [0.05, 0.1) is 11.8 Å². The van der Waals surface area contributed by atoms with Crippen molar-refractivity contribution in [3.8, 4) is 5.88 Å². The van der Waals surface area contributed by atoms with Gasteiger partial charge in [-0.05, 0) is 121 Å². The smallest absolute Gasteiger partial charge is 0.334 e. The van der Waals surface area contributed by atoms with E-state index in [1.54, 1.807) is 4.57 Å². The van der Waals surface area contributed by atoms with Gasteiger partial charge >= 0.3 is 17.6 Å². The Labute approximate surface area is 415 Å². The predicted molar refractivity (Wildman–Crippen MR) is 283 cm³/mol. The fourth-order valence-corrected chi connectivity index (χ4v) is 13.1. The van der Waals surface area contributed by atoms with Gasteiger partial charge in [0, 0.05) is 53.1 Å². The molecule has 71 heavy (non-hydrogen) atoms. The lowest BCUT2D eigenvalue weighted by atomic mass is 9.78. The van der Waals surface area contributed by atoms with E-state index in [1.807, 2.05) is 24.3 Å². The Hall–Kier alpha value is -6.75. The molecule has 11 heteroatoms. The van der Waals surface area contributed by atoms with Crippen LogP contribution in [-0.4, -0.2) is 59.8 Å². The van der Waals surface area contributed by atoms with Gasteiger partial charge in [0.2, 0.25) is 11.6 Å². The number of allylic oxidation sites excluding steroid dienone is 8. The highest BCUT2D eigenvalue weighted by Gasteiger charge is 2.46. The van der Waals surface area contributed by atoms with Gasteiger partial charge < -0.3 is 20.2 Å². The number of aliphatic carboxylic acids is 2. The maximum absolute atomic E-state index is 15.6. The lowest BCUT2D eigenvalue weighted by molar-refractivity contribution is -0.436. The highest BCUT2D eigenvalue weighted by molar-refractivity contribution is 6.08. The molecule has 3 N–H and O–H groups in total. The van der Waals surface area contributed by atoms with Gasteiger partial charge in [-0.3, -0.25) is 23.5 Å². The van der Waals surface area contributed by atoms with Crippen molar-refractivity contribution in [2.45, 2.75) is 147 Å². The van der Waals surface area contributed by atoms with Crippen molar-refractivity contribution >= 4 is 56.1 Å². The number of carboxylic acids is 2. The molecule has 368 valence electrons. The molecule has 0 unspecified atom stereocenters. The fourth-order valence-electron chi connectivity index (χ4n) is 13.1. The number of anilines is 1. The van der Waals surface area contributed by atoms with Crippen LogP contribution in [0.1, 0.15) is 153 Å². The third-order valence-corrected chi connectivity index (χ3v) is 16.5. The summed E-state index contributed by atoms with van der Waals surface area (Å²) in [5.41, 5.74) is 6.53. The summed E-state index contributed by atoms with van der Waals surface area (Å²) in [5, 5.41) is 37.2. The third-order valence-electron chi connectivity index (χ3n) is 16.5. The van der Waals surface area contributed by atoms with Gasteiger partial charge in [-0.1, -0.05) is 119 Å². The van der Waals surface area contributed by atoms with Crippen LogP contribution in [0.5, 0.6) is 5.88 Å². The van der Waals surface area contributed by atoms with E-state index in [1.165, 1.54) is 4.57 Å². The van der Waals surface area contributed by atoms with Crippen molar-refractivity contribution in [1.82, 2.24) is 9.13 Å². The van der Waals surface area contributed by atoms with E-state index in [2.05, 4.69) is 110 Å².